The number of amides is 1. The molecule has 0 unspecified atom stereocenters. The van der Waals surface area contributed by atoms with Gasteiger partial charge in [-0.15, -0.1) is 24.5 Å². The summed E-state index contributed by atoms with van der Waals surface area (Å²) in [5.74, 6) is -0.334. The fourth-order valence-corrected chi connectivity index (χ4v) is 5.76. The third-order valence-electron chi connectivity index (χ3n) is 5.08. The Morgan fingerprint density at radius 3 is 2.35 bits per heavy atom. The molecule has 34 heavy (non-hydrogen) atoms. The number of benzene rings is 3. The number of anilines is 1. The van der Waals surface area contributed by atoms with Gasteiger partial charge >= 0.3 is 0 Å². The van der Waals surface area contributed by atoms with Gasteiger partial charge in [-0.2, -0.15) is 4.31 Å². The second-order valence-corrected chi connectivity index (χ2v) is 10.4. The number of hydrogen-bond acceptors (Lipinski definition) is 5. The second-order valence-electron chi connectivity index (χ2n) is 7.45. The van der Waals surface area contributed by atoms with E-state index >= 15 is 0 Å². The molecular weight excluding hydrogens is 466 g/mol. The van der Waals surface area contributed by atoms with E-state index in [1.54, 1.807) is 17.4 Å². The first-order chi connectivity index (χ1) is 16.4. The SMILES string of the molecule is C=CCN(CC=C)S(=O)(=O)c1ccc(C(=O)Nc2cccc(-c3nc4ccccc4s3)c2)cc1. The number of nitrogens with one attached hydrogen (secondary N) is 1. The van der Waals surface area contributed by atoms with Gasteiger partial charge in [0.1, 0.15) is 5.01 Å². The number of fused-ring (bicyclic) bond motifs is 1. The van der Waals surface area contributed by atoms with Gasteiger partial charge in [-0.3, -0.25) is 4.79 Å². The molecule has 0 saturated carbocycles. The van der Waals surface area contributed by atoms with Crippen molar-refractivity contribution in [3.05, 3.63) is 104 Å². The van der Waals surface area contributed by atoms with Crippen LogP contribution >= 0.6 is 11.3 Å². The summed E-state index contributed by atoms with van der Waals surface area (Å²) in [5, 5.41) is 3.75. The van der Waals surface area contributed by atoms with E-state index in [2.05, 4.69) is 23.5 Å². The molecule has 4 aromatic rings. The van der Waals surface area contributed by atoms with Crippen molar-refractivity contribution >= 4 is 43.2 Å². The minimum Gasteiger partial charge on any atom is -0.322 e. The highest BCUT2D eigenvalue weighted by Crippen LogP contribution is 2.31. The lowest BCUT2D eigenvalue weighted by atomic mass is 10.2. The molecule has 0 atom stereocenters. The van der Waals surface area contributed by atoms with Crippen molar-refractivity contribution < 1.29 is 13.2 Å². The number of para-hydroxylation sites is 1. The van der Waals surface area contributed by atoms with Gasteiger partial charge in [0.25, 0.3) is 5.91 Å². The van der Waals surface area contributed by atoms with Crippen LogP contribution in [0.25, 0.3) is 20.8 Å². The quantitative estimate of drug-likeness (QED) is 0.311. The highest BCUT2D eigenvalue weighted by atomic mass is 32.2. The standard InChI is InChI=1S/C26H23N3O3S2/c1-3-16-29(17-4-2)34(31,32)22-14-12-19(13-15-22)25(30)27-21-9-7-8-20(18-21)26-28-23-10-5-6-11-24(23)33-26/h3-15,18H,1-2,16-17H2,(H,27,30). The predicted octanol–water partition coefficient (Wildman–Crippen LogP) is 5.58. The Morgan fingerprint density at radius 2 is 1.68 bits per heavy atom. The summed E-state index contributed by atoms with van der Waals surface area (Å²) in [6.45, 7) is 7.55. The maximum absolute atomic E-state index is 12.8. The molecule has 172 valence electrons. The van der Waals surface area contributed by atoms with Gasteiger partial charge in [0.15, 0.2) is 0 Å². The van der Waals surface area contributed by atoms with Crippen molar-refractivity contribution in [1.29, 1.82) is 0 Å². The van der Waals surface area contributed by atoms with Gasteiger partial charge in [0.05, 0.1) is 15.1 Å². The minimum atomic E-state index is -3.72. The lowest BCUT2D eigenvalue weighted by Gasteiger charge is -2.19. The van der Waals surface area contributed by atoms with Crippen LogP contribution < -0.4 is 5.32 Å². The number of carbonyl (C=O) groups excluding carboxylic acids is 1. The maximum atomic E-state index is 12.8. The molecule has 0 radical (unpaired) electrons. The molecule has 1 aromatic heterocycles. The lowest BCUT2D eigenvalue weighted by Crippen LogP contribution is -2.31. The first kappa shape index (κ1) is 23.6. The number of rotatable bonds is 9. The van der Waals surface area contributed by atoms with Crippen molar-refractivity contribution in [2.24, 2.45) is 0 Å². The highest BCUT2D eigenvalue weighted by Gasteiger charge is 2.22. The fourth-order valence-electron chi connectivity index (χ4n) is 3.42. The van der Waals surface area contributed by atoms with E-state index < -0.39 is 10.0 Å². The van der Waals surface area contributed by atoms with Crippen molar-refractivity contribution in [2.45, 2.75) is 4.90 Å². The molecule has 0 bridgehead atoms. The van der Waals surface area contributed by atoms with Gasteiger partial charge in [-0.05, 0) is 48.5 Å². The zero-order chi connectivity index (χ0) is 24.1. The highest BCUT2D eigenvalue weighted by molar-refractivity contribution is 7.89. The van der Waals surface area contributed by atoms with Gasteiger partial charge in [-0.1, -0.05) is 36.4 Å². The zero-order valence-electron chi connectivity index (χ0n) is 18.3. The first-order valence-electron chi connectivity index (χ1n) is 10.5. The molecule has 0 fully saturated rings. The van der Waals surface area contributed by atoms with Crippen LogP contribution in [0.5, 0.6) is 0 Å². The Hall–Kier alpha value is -3.59. The molecule has 0 aliphatic carbocycles. The van der Waals surface area contributed by atoms with Gasteiger partial charge < -0.3 is 5.32 Å². The number of sulfonamides is 1. The summed E-state index contributed by atoms with van der Waals surface area (Å²) in [6.07, 6.45) is 3.04. The van der Waals surface area contributed by atoms with E-state index in [0.717, 1.165) is 20.8 Å². The van der Waals surface area contributed by atoms with Crippen molar-refractivity contribution in [3.63, 3.8) is 0 Å². The van der Waals surface area contributed by atoms with Crippen LogP contribution in [-0.4, -0.2) is 36.7 Å². The number of carbonyl (C=O) groups is 1. The van der Waals surface area contributed by atoms with E-state index in [0.29, 0.717) is 11.3 Å². The molecule has 8 heteroatoms. The molecule has 0 saturated heterocycles. The van der Waals surface area contributed by atoms with Crippen LogP contribution in [0, 0.1) is 0 Å². The topological polar surface area (TPSA) is 79.4 Å². The van der Waals surface area contributed by atoms with E-state index in [1.165, 1.54) is 40.7 Å². The largest absolute Gasteiger partial charge is 0.322 e. The van der Waals surface area contributed by atoms with Crippen LogP contribution in [0.15, 0.2) is 103 Å². The summed E-state index contributed by atoms with van der Waals surface area (Å²) in [5.41, 5.74) is 2.82. The maximum Gasteiger partial charge on any atom is 0.255 e. The third-order valence-corrected chi connectivity index (χ3v) is 8.01. The average Bonchev–Trinajstić information content (AvgIpc) is 3.29. The molecule has 0 aliphatic heterocycles. The van der Waals surface area contributed by atoms with E-state index in [1.807, 2.05) is 42.5 Å². The number of nitrogens with zero attached hydrogens (tertiary/aromatic N) is 2. The Morgan fingerprint density at radius 1 is 0.971 bits per heavy atom. The van der Waals surface area contributed by atoms with Crippen molar-refractivity contribution in [1.82, 2.24) is 9.29 Å². The Bertz CT molecular complexity index is 1420. The molecule has 4 rings (SSSR count). The summed E-state index contributed by atoms with van der Waals surface area (Å²) >= 11 is 1.59. The minimum absolute atomic E-state index is 0.102. The summed E-state index contributed by atoms with van der Waals surface area (Å²) in [4.78, 5) is 17.6. The van der Waals surface area contributed by atoms with Gasteiger partial charge in [0.2, 0.25) is 10.0 Å². The van der Waals surface area contributed by atoms with Crippen LogP contribution in [0.1, 0.15) is 10.4 Å². The van der Waals surface area contributed by atoms with Crippen LogP contribution in [0.2, 0.25) is 0 Å². The van der Waals surface area contributed by atoms with Crippen LogP contribution in [0.3, 0.4) is 0 Å². The lowest BCUT2D eigenvalue weighted by molar-refractivity contribution is 0.102. The third kappa shape index (κ3) is 4.99. The van der Waals surface area contributed by atoms with E-state index in [-0.39, 0.29) is 23.9 Å². The summed E-state index contributed by atoms with van der Waals surface area (Å²) in [6, 6.07) is 21.3. The number of thiazole rings is 1. The Labute approximate surface area is 202 Å². The monoisotopic (exact) mass is 489 g/mol. The fraction of sp³-hybridized carbons (Fsp3) is 0.0769. The van der Waals surface area contributed by atoms with Crippen molar-refractivity contribution in [2.75, 3.05) is 18.4 Å². The van der Waals surface area contributed by atoms with Crippen LogP contribution in [0.4, 0.5) is 5.69 Å². The molecule has 1 amide bonds. The normalized spacial score (nSPS) is 11.4. The Kier molecular flexibility index (Phi) is 7.02. The molecule has 0 spiro atoms. The molecular formula is C26H23N3O3S2. The molecule has 6 nitrogen and oxygen atoms in total. The van der Waals surface area contributed by atoms with Gasteiger partial charge in [-0.25, -0.2) is 13.4 Å². The number of aromatic nitrogens is 1. The Balaban J connectivity index is 1.51. The van der Waals surface area contributed by atoms with Gasteiger partial charge in [0, 0.05) is 29.9 Å². The average molecular weight is 490 g/mol. The zero-order valence-corrected chi connectivity index (χ0v) is 20.0. The predicted molar refractivity (Wildman–Crippen MR) is 139 cm³/mol. The number of hydrogen-bond donors (Lipinski definition) is 1. The van der Waals surface area contributed by atoms with E-state index in [4.69, 9.17) is 0 Å². The first-order valence-corrected chi connectivity index (χ1v) is 12.8. The smallest absolute Gasteiger partial charge is 0.255 e. The molecule has 1 heterocycles. The molecule has 1 N–H and O–H groups in total. The van der Waals surface area contributed by atoms with Crippen molar-refractivity contribution in [3.8, 4) is 10.6 Å². The molecule has 3 aromatic carbocycles. The molecule has 0 aliphatic rings. The summed E-state index contributed by atoms with van der Waals surface area (Å²) < 4.78 is 28.1. The van der Waals surface area contributed by atoms with Crippen LogP contribution in [-0.2, 0) is 10.0 Å². The van der Waals surface area contributed by atoms with E-state index in [9.17, 15) is 13.2 Å². The summed E-state index contributed by atoms with van der Waals surface area (Å²) in [7, 11) is -3.72. The second kappa shape index (κ2) is 10.1.